The van der Waals surface area contributed by atoms with Gasteiger partial charge in [-0.2, -0.15) is 5.06 Å². The average molecular weight is 245 g/mol. The van der Waals surface area contributed by atoms with Gasteiger partial charge in [0.2, 0.25) is 0 Å². The van der Waals surface area contributed by atoms with Crippen LogP contribution < -0.4 is 4.72 Å². The summed E-state index contributed by atoms with van der Waals surface area (Å²) in [6.45, 7) is 9.17. The van der Waals surface area contributed by atoms with Crippen molar-refractivity contribution in [2.24, 2.45) is 0 Å². The van der Waals surface area contributed by atoms with Crippen LogP contribution >= 0.6 is 12.8 Å². The highest BCUT2D eigenvalue weighted by molar-refractivity contribution is 7.78. The molecule has 2 atom stereocenters. The number of hydrogen-bond acceptors (Lipinski definition) is 4. The van der Waals surface area contributed by atoms with Crippen molar-refractivity contribution in [3.63, 3.8) is 0 Å². The molecular weight excluding hydrogens is 226 g/mol. The number of hydrogen-bond donors (Lipinski definition) is 2. The van der Waals surface area contributed by atoms with Gasteiger partial charge in [-0.05, 0) is 13.8 Å². The lowest BCUT2D eigenvalue weighted by Gasteiger charge is -2.23. The molecule has 1 fully saturated rings. The minimum Gasteiger partial charge on any atom is -0.317 e. The Morgan fingerprint density at radius 1 is 1.81 bits per heavy atom. The van der Waals surface area contributed by atoms with Crippen molar-refractivity contribution in [3.05, 3.63) is 12.7 Å². The van der Waals surface area contributed by atoms with E-state index in [2.05, 4.69) is 24.1 Å². The van der Waals surface area contributed by atoms with Crippen LogP contribution in [0.3, 0.4) is 0 Å². The van der Waals surface area contributed by atoms with Crippen molar-refractivity contribution in [3.8, 4) is 0 Å². The van der Waals surface area contributed by atoms with E-state index >= 15 is 0 Å². The van der Waals surface area contributed by atoms with Crippen LogP contribution in [0.5, 0.6) is 0 Å². The summed E-state index contributed by atoms with van der Waals surface area (Å²) in [6, 6.07) is 0.0741. The first-order chi connectivity index (χ1) is 7.61. The number of urea groups is 1. The number of carbonyl (C=O) groups excluding carboxylic acids is 1. The van der Waals surface area contributed by atoms with E-state index in [-0.39, 0.29) is 18.1 Å². The average Bonchev–Trinajstić information content (AvgIpc) is 2.53. The second-order valence-electron chi connectivity index (χ2n) is 3.91. The van der Waals surface area contributed by atoms with E-state index in [1.807, 2.05) is 13.8 Å². The predicted octanol–water partition coefficient (Wildman–Crippen LogP) is 1.05. The maximum absolute atomic E-state index is 12.0. The molecule has 0 aromatic heterocycles. The first kappa shape index (κ1) is 13.3. The molecule has 1 heterocycles. The van der Waals surface area contributed by atoms with Crippen LogP contribution in [0.1, 0.15) is 13.8 Å². The molecule has 0 aromatic rings. The second kappa shape index (κ2) is 6.12. The molecule has 0 aliphatic carbocycles. The molecule has 1 aliphatic heterocycles. The minimum absolute atomic E-state index is 0.0646. The number of nitrogens with one attached hydrogen (secondary N) is 1. The quantitative estimate of drug-likeness (QED) is 0.543. The number of amides is 2. The van der Waals surface area contributed by atoms with Gasteiger partial charge in [0, 0.05) is 19.1 Å². The molecule has 1 saturated heterocycles. The lowest BCUT2D eigenvalue weighted by atomic mass is 10.3. The van der Waals surface area contributed by atoms with Crippen LogP contribution in [0, 0.1) is 0 Å². The van der Waals surface area contributed by atoms with Gasteiger partial charge < -0.3 is 4.90 Å². The largest absolute Gasteiger partial charge is 0.344 e. The van der Waals surface area contributed by atoms with Gasteiger partial charge in [-0.3, -0.25) is 9.56 Å². The molecule has 92 valence electrons. The van der Waals surface area contributed by atoms with Gasteiger partial charge in [-0.15, -0.1) is 6.58 Å². The van der Waals surface area contributed by atoms with Crippen molar-refractivity contribution >= 4 is 18.8 Å². The Morgan fingerprint density at radius 3 is 3.06 bits per heavy atom. The van der Waals surface area contributed by atoms with Crippen LogP contribution in [0.15, 0.2) is 12.7 Å². The van der Waals surface area contributed by atoms with E-state index in [1.54, 1.807) is 11.0 Å². The molecule has 2 amide bonds. The summed E-state index contributed by atoms with van der Waals surface area (Å²) in [4.78, 5) is 19.1. The molecule has 5 nitrogen and oxygen atoms in total. The van der Waals surface area contributed by atoms with Gasteiger partial charge in [0.05, 0.1) is 12.6 Å². The number of rotatable bonds is 6. The van der Waals surface area contributed by atoms with Gasteiger partial charge in [0.1, 0.15) is 0 Å². The molecule has 6 heteroatoms. The van der Waals surface area contributed by atoms with Crippen molar-refractivity contribution in [2.75, 3.05) is 19.7 Å². The van der Waals surface area contributed by atoms with Crippen LogP contribution in [-0.2, 0) is 4.84 Å². The minimum atomic E-state index is -0.0922. The van der Waals surface area contributed by atoms with E-state index in [9.17, 15) is 4.79 Å². The zero-order valence-electron chi connectivity index (χ0n) is 9.72. The van der Waals surface area contributed by atoms with Crippen LogP contribution in [0.2, 0.25) is 0 Å². The van der Waals surface area contributed by atoms with Crippen molar-refractivity contribution < 1.29 is 9.63 Å². The number of hydroxylamine groups is 2. The lowest BCUT2D eigenvalue weighted by Crippen LogP contribution is -2.41. The molecule has 0 bridgehead atoms. The Morgan fingerprint density at radius 2 is 2.50 bits per heavy atom. The fourth-order valence-corrected chi connectivity index (χ4v) is 1.94. The molecule has 1 rings (SSSR count). The lowest BCUT2D eigenvalue weighted by molar-refractivity contribution is -0.114. The van der Waals surface area contributed by atoms with Crippen LogP contribution in [-0.4, -0.2) is 47.8 Å². The molecule has 2 unspecified atom stereocenters. The number of carbonyl (C=O) groups is 1. The highest BCUT2D eigenvalue weighted by Gasteiger charge is 2.37. The molecule has 1 aliphatic rings. The summed E-state index contributed by atoms with van der Waals surface area (Å²) in [5.74, 6) is 0. The Hall–Kier alpha value is -0.720. The highest BCUT2D eigenvalue weighted by atomic mass is 32.1. The van der Waals surface area contributed by atoms with E-state index in [0.29, 0.717) is 19.7 Å². The normalized spacial score (nSPS) is 22.7. The summed E-state index contributed by atoms with van der Waals surface area (Å²) in [5, 5.41) is 1.41. The van der Waals surface area contributed by atoms with Crippen molar-refractivity contribution in [2.45, 2.75) is 25.9 Å². The summed E-state index contributed by atoms with van der Waals surface area (Å²) < 4.78 is 2.76. The summed E-state index contributed by atoms with van der Waals surface area (Å²) in [7, 11) is 0. The molecule has 0 radical (unpaired) electrons. The van der Waals surface area contributed by atoms with Crippen molar-refractivity contribution in [1.82, 2.24) is 14.7 Å². The fourth-order valence-electron chi connectivity index (χ4n) is 1.68. The topological polar surface area (TPSA) is 44.8 Å². The van der Waals surface area contributed by atoms with E-state index in [4.69, 9.17) is 4.84 Å². The summed E-state index contributed by atoms with van der Waals surface area (Å²) in [6.07, 6.45) is 1.63. The molecule has 16 heavy (non-hydrogen) atoms. The smallest absolute Gasteiger partial charge is 0.317 e. The molecule has 0 saturated carbocycles. The fraction of sp³-hybridized carbons (Fsp3) is 0.700. The Bertz CT molecular complexity index is 262. The second-order valence-corrected chi connectivity index (χ2v) is 4.22. The highest BCUT2D eigenvalue weighted by Crippen LogP contribution is 2.18. The predicted molar refractivity (Wildman–Crippen MR) is 66.0 cm³/mol. The van der Waals surface area contributed by atoms with Gasteiger partial charge in [-0.25, -0.2) is 4.79 Å². The molecule has 1 N–H and O–H groups in total. The standard InChI is InChI=1S/C10H19N3O2S/c1-4-5-15-13-9(3)7-12(10(13)14)8(2)6-11-16/h4,8-9,11,16H,1,5-7H2,2-3H3. The maximum Gasteiger partial charge on any atom is 0.344 e. The van der Waals surface area contributed by atoms with E-state index < -0.39 is 0 Å². The third-order valence-corrected chi connectivity index (χ3v) is 2.73. The Balaban J connectivity index is 2.58. The first-order valence-corrected chi connectivity index (χ1v) is 5.77. The molecular formula is C10H19N3O2S. The third-order valence-electron chi connectivity index (χ3n) is 2.55. The summed E-state index contributed by atoms with van der Waals surface area (Å²) in [5.41, 5.74) is 0. The third kappa shape index (κ3) is 2.90. The van der Waals surface area contributed by atoms with Crippen LogP contribution in [0.25, 0.3) is 0 Å². The monoisotopic (exact) mass is 245 g/mol. The molecule has 0 spiro atoms. The maximum atomic E-state index is 12.0. The Kier molecular flexibility index (Phi) is 5.11. The SMILES string of the molecule is C=CCON1C(=O)N(C(C)CNS)CC1C. The number of nitrogens with zero attached hydrogens (tertiary/aromatic N) is 2. The number of thiol groups is 1. The zero-order chi connectivity index (χ0) is 12.1. The van der Waals surface area contributed by atoms with E-state index in [1.165, 1.54) is 5.06 Å². The molecule has 0 aromatic carbocycles. The van der Waals surface area contributed by atoms with E-state index in [0.717, 1.165) is 0 Å². The zero-order valence-corrected chi connectivity index (χ0v) is 10.6. The van der Waals surface area contributed by atoms with Gasteiger partial charge in [0.25, 0.3) is 0 Å². The van der Waals surface area contributed by atoms with Crippen molar-refractivity contribution in [1.29, 1.82) is 0 Å². The van der Waals surface area contributed by atoms with Crippen LogP contribution in [0.4, 0.5) is 4.79 Å². The van der Waals surface area contributed by atoms with Gasteiger partial charge in [0.15, 0.2) is 0 Å². The Labute approximate surface area is 102 Å². The first-order valence-electron chi connectivity index (χ1n) is 5.32. The van der Waals surface area contributed by atoms with Gasteiger partial charge >= 0.3 is 6.03 Å². The summed E-state index contributed by atoms with van der Waals surface area (Å²) >= 11 is 3.94. The van der Waals surface area contributed by atoms with Gasteiger partial charge in [-0.1, -0.05) is 18.9 Å².